The number of rotatable bonds is 21. The molecule has 0 spiro atoms. The van der Waals surface area contributed by atoms with E-state index in [-0.39, 0.29) is 5.97 Å². The fraction of sp³-hybridized carbons (Fsp3) is 0.923. The highest BCUT2D eigenvalue weighted by Crippen LogP contribution is 2.12. The van der Waals surface area contributed by atoms with Crippen molar-refractivity contribution >= 4 is 12.1 Å². The lowest BCUT2D eigenvalue weighted by Gasteiger charge is -2.22. The summed E-state index contributed by atoms with van der Waals surface area (Å²) in [6.07, 6.45) is 20.6. The molecule has 0 radical (unpaired) electrons. The second kappa shape index (κ2) is 22.0. The van der Waals surface area contributed by atoms with Crippen LogP contribution in [0, 0.1) is 0 Å². The van der Waals surface area contributed by atoms with Gasteiger partial charge in [0.2, 0.25) is 0 Å². The Balaban J connectivity index is 3.57. The largest absolute Gasteiger partial charge is 0.464 e. The Hall–Kier alpha value is -1.26. The van der Waals surface area contributed by atoms with Gasteiger partial charge in [0.25, 0.3) is 0 Å². The van der Waals surface area contributed by atoms with Crippen molar-refractivity contribution in [3.8, 4) is 0 Å². The van der Waals surface area contributed by atoms with E-state index in [0.29, 0.717) is 13.2 Å². The summed E-state index contributed by atoms with van der Waals surface area (Å²) in [5.74, 6) is -0.357. The van der Waals surface area contributed by atoms with Crippen LogP contribution in [0.25, 0.3) is 0 Å². The molecule has 0 aromatic heterocycles. The Morgan fingerprint density at radius 3 is 1.42 bits per heavy atom. The number of amides is 1. The minimum Gasteiger partial charge on any atom is -0.464 e. The van der Waals surface area contributed by atoms with Crippen LogP contribution in [0.4, 0.5) is 4.79 Å². The summed E-state index contributed by atoms with van der Waals surface area (Å²) in [6, 6.07) is -0.620. The highest BCUT2D eigenvalue weighted by molar-refractivity contribution is 5.80. The first kappa shape index (κ1) is 29.7. The SMILES string of the molecule is CCCCCCCCCCCCCCCOC(=O)C(C)N(C)C(=O)OCCCCCC. The van der Waals surface area contributed by atoms with Crippen LogP contribution in [0.1, 0.15) is 130 Å². The van der Waals surface area contributed by atoms with Crippen LogP contribution >= 0.6 is 0 Å². The van der Waals surface area contributed by atoms with Gasteiger partial charge in [-0.05, 0) is 19.8 Å². The van der Waals surface area contributed by atoms with Crippen molar-refractivity contribution in [2.75, 3.05) is 20.3 Å². The first-order chi connectivity index (χ1) is 15.0. The summed E-state index contributed by atoms with van der Waals surface area (Å²) in [5, 5.41) is 0. The molecule has 5 heteroatoms. The highest BCUT2D eigenvalue weighted by Gasteiger charge is 2.24. The van der Waals surface area contributed by atoms with E-state index in [2.05, 4.69) is 13.8 Å². The molecule has 0 heterocycles. The molecule has 5 nitrogen and oxygen atoms in total. The summed E-state index contributed by atoms with van der Waals surface area (Å²) in [7, 11) is 1.59. The molecule has 0 aromatic rings. The Morgan fingerprint density at radius 2 is 0.968 bits per heavy atom. The third-order valence-corrected chi connectivity index (χ3v) is 5.93. The molecule has 0 saturated heterocycles. The van der Waals surface area contributed by atoms with Crippen LogP contribution < -0.4 is 0 Å². The van der Waals surface area contributed by atoms with E-state index < -0.39 is 12.1 Å². The van der Waals surface area contributed by atoms with Gasteiger partial charge in [-0.1, -0.05) is 110 Å². The van der Waals surface area contributed by atoms with Crippen molar-refractivity contribution in [2.45, 2.75) is 136 Å². The quantitative estimate of drug-likeness (QED) is 0.135. The first-order valence-electron chi connectivity index (χ1n) is 13.1. The molecule has 0 aliphatic carbocycles. The van der Waals surface area contributed by atoms with Gasteiger partial charge in [0.05, 0.1) is 13.2 Å². The monoisotopic (exact) mass is 441 g/mol. The first-order valence-corrected chi connectivity index (χ1v) is 13.1. The topological polar surface area (TPSA) is 55.8 Å². The molecule has 1 amide bonds. The summed E-state index contributed by atoms with van der Waals surface area (Å²) < 4.78 is 10.6. The van der Waals surface area contributed by atoms with Crippen LogP contribution in [-0.2, 0) is 14.3 Å². The molecule has 31 heavy (non-hydrogen) atoms. The van der Waals surface area contributed by atoms with E-state index in [4.69, 9.17) is 9.47 Å². The molecule has 0 rings (SSSR count). The molecule has 0 aliphatic rings. The van der Waals surface area contributed by atoms with Gasteiger partial charge >= 0.3 is 12.1 Å². The Morgan fingerprint density at radius 1 is 0.613 bits per heavy atom. The molecule has 1 atom stereocenters. The number of carbonyl (C=O) groups is 2. The smallest absolute Gasteiger partial charge is 0.410 e. The normalized spacial score (nSPS) is 11.9. The lowest BCUT2D eigenvalue weighted by atomic mass is 10.0. The minimum atomic E-state index is -0.620. The third kappa shape index (κ3) is 18.1. The maximum absolute atomic E-state index is 12.2. The van der Waals surface area contributed by atoms with Gasteiger partial charge in [0.1, 0.15) is 6.04 Å². The molecule has 1 unspecified atom stereocenters. The van der Waals surface area contributed by atoms with E-state index in [1.165, 1.54) is 75.5 Å². The number of likely N-dealkylation sites (N-methyl/N-ethyl adjacent to an activating group) is 1. The molecule has 0 bridgehead atoms. The zero-order valence-electron chi connectivity index (χ0n) is 21.1. The average Bonchev–Trinajstić information content (AvgIpc) is 2.77. The van der Waals surface area contributed by atoms with Crippen molar-refractivity contribution in [2.24, 2.45) is 0 Å². The van der Waals surface area contributed by atoms with E-state index in [1.54, 1.807) is 14.0 Å². The number of ether oxygens (including phenoxy) is 2. The molecule has 0 aromatic carbocycles. The zero-order valence-corrected chi connectivity index (χ0v) is 21.1. The zero-order chi connectivity index (χ0) is 23.2. The van der Waals surface area contributed by atoms with Gasteiger partial charge in [0.15, 0.2) is 0 Å². The van der Waals surface area contributed by atoms with Crippen LogP contribution in [0.2, 0.25) is 0 Å². The van der Waals surface area contributed by atoms with E-state index in [0.717, 1.165) is 38.5 Å². The lowest BCUT2D eigenvalue weighted by Crippen LogP contribution is -2.41. The summed E-state index contributed by atoms with van der Waals surface area (Å²) in [6.45, 7) is 6.93. The number of hydrogen-bond acceptors (Lipinski definition) is 4. The van der Waals surface area contributed by atoms with Gasteiger partial charge in [-0.15, -0.1) is 0 Å². The van der Waals surface area contributed by atoms with Gasteiger partial charge in [-0.3, -0.25) is 4.90 Å². The third-order valence-electron chi connectivity index (χ3n) is 5.93. The number of esters is 1. The van der Waals surface area contributed by atoms with Crippen molar-refractivity contribution in [1.29, 1.82) is 0 Å². The van der Waals surface area contributed by atoms with Crippen LogP contribution in [0.15, 0.2) is 0 Å². The Kier molecular flexibility index (Phi) is 21.1. The van der Waals surface area contributed by atoms with Gasteiger partial charge in [-0.2, -0.15) is 0 Å². The van der Waals surface area contributed by atoms with Crippen molar-refractivity contribution in [3.63, 3.8) is 0 Å². The predicted molar refractivity (Wildman–Crippen MR) is 129 cm³/mol. The molecular weight excluding hydrogens is 390 g/mol. The van der Waals surface area contributed by atoms with Crippen LogP contribution in [0.5, 0.6) is 0 Å². The molecule has 0 saturated carbocycles. The summed E-state index contributed by atoms with van der Waals surface area (Å²) in [4.78, 5) is 25.5. The van der Waals surface area contributed by atoms with Crippen LogP contribution in [-0.4, -0.2) is 43.3 Å². The van der Waals surface area contributed by atoms with Gasteiger partial charge < -0.3 is 9.47 Å². The number of unbranched alkanes of at least 4 members (excludes halogenated alkanes) is 15. The van der Waals surface area contributed by atoms with Crippen molar-refractivity contribution < 1.29 is 19.1 Å². The van der Waals surface area contributed by atoms with Crippen LogP contribution in [0.3, 0.4) is 0 Å². The molecular formula is C26H51NO4. The second-order valence-electron chi connectivity index (χ2n) is 8.87. The highest BCUT2D eigenvalue weighted by atomic mass is 16.6. The molecule has 0 N–H and O–H groups in total. The van der Waals surface area contributed by atoms with Gasteiger partial charge in [-0.25, -0.2) is 9.59 Å². The average molecular weight is 442 g/mol. The molecule has 0 aliphatic heterocycles. The Bertz CT molecular complexity index is 428. The molecule has 184 valence electrons. The second-order valence-corrected chi connectivity index (χ2v) is 8.87. The van der Waals surface area contributed by atoms with Crippen molar-refractivity contribution in [3.05, 3.63) is 0 Å². The predicted octanol–water partition coefficient (Wildman–Crippen LogP) is 7.66. The maximum Gasteiger partial charge on any atom is 0.410 e. The van der Waals surface area contributed by atoms with Gasteiger partial charge in [0, 0.05) is 7.05 Å². The van der Waals surface area contributed by atoms with E-state index >= 15 is 0 Å². The standard InChI is InChI=1S/C26H51NO4/c1-5-7-9-11-12-13-14-15-16-17-18-19-21-22-30-25(28)24(3)27(4)26(29)31-23-20-10-8-6-2/h24H,5-23H2,1-4H3. The number of nitrogens with zero attached hydrogens (tertiary/aromatic N) is 1. The summed E-state index contributed by atoms with van der Waals surface area (Å²) in [5.41, 5.74) is 0. The minimum absolute atomic E-state index is 0.357. The number of hydrogen-bond donors (Lipinski definition) is 0. The molecule has 0 fully saturated rings. The van der Waals surface area contributed by atoms with E-state index in [1.807, 2.05) is 0 Å². The Labute approximate surface area is 192 Å². The fourth-order valence-corrected chi connectivity index (χ4v) is 3.52. The number of carbonyl (C=O) groups excluding carboxylic acids is 2. The fourth-order valence-electron chi connectivity index (χ4n) is 3.52. The summed E-state index contributed by atoms with van der Waals surface area (Å²) >= 11 is 0. The lowest BCUT2D eigenvalue weighted by molar-refractivity contribution is -0.148. The maximum atomic E-state index is 12.2. The van der Waals surface area contributed by atoms with E-state index in [9.17, 15) is 9.59 Å². The van der Waals surface area contributed by atoms with Crippen molar-refractivity contribution in [1.82, 2.24) is 4.90 Å².